The molecule has 1 N–H and O–H groups in total. The molecule has 0 bridgehead atoms. The molecule has 0 unspecified atom stereocenters. The van der Waals surface area contributed by atoms with Crippen LogP contribution in [0.2, 0.25) is 0 Å². The van der Waals surface area contributed by atoms with Crippen LogP contribution >= 0.6 is 11.3 Å². The maximum absolute atomic E-state index is 11.5. The van der Waals surface area contributed by atoms with E-state index in [1.165, 1.54) is 24.2 Å². The van der Waals surface area contributed by atoms with Crippen LogP contribution in [-0.2, 0) is 0 Å². The third kappa shape index (κ3) is 2.93. The smallest absolute Gasteiger partial charge is 0.348 e. The Morgan fingerprint density at radius 3 is 2.67 bits per heavy atom. The van der Waals surface area contributed by atoms with Gasteiger partial charge >= 0.3 is 5.97 Å². The van der Waals surface area contributed by atoms with Crippen molar-refractivity contribution in [3.8, 4) is 11.3 Å². The number of hydrogen-bond acceptors (Lipinski definition) is 4. The summed E-state index contributed by atoms with van der Waals surface area (Å²) < 4.78 is 0. The molecular weight excluding hydrogens is 284 g/mol. The van der Waals surface area contributed by atoms with Gasteiger partial charge in [-0.3, -0.25) is 0 Å². The number of carbonyl (C=O) groups is 1. The molecule has 1 aliphatic rings. The monoisotopic (exact) mass is 302 g/mol. The Kier molecular flexibility index (Phi) is 3.92. The molecule has 3 rings (SSSR count). The van der Waals surface area contributed by atoms with Gasteiger partial charge in [0.15, 0.2) is 5.13 Å². The van der Waals surface area contributed by atoms with Crippen molar-refractivity contribution in [1.29, 1.82) is 0 Å². The van der Waals surface area contributed by atoms with Gasteiger partial charge in [-0.2, -0.15) is 0 Å². The van der Waals surface area contributed by atoms with E-state index < -0.39 is 5.97 Å². The van der Waals surface area contributed by atoms with Crippen LogP contribution in [0.5, 0.6) is 0 Å². The molecule has 2 aromatic rings. The molecule has 0 radical (unpaired) electrons. The second kappa shape index (κ2) is 5.85. The number of aromatic carboxylic acids is 1. The van der Waals surface area contributed by atoms with Crippen molar-refractivity contribution < 1.29 is 9.90 Å². The minimum absolute atomic E-state index is 0.331. The summed E-state index contributed by atoms with van der Waals surface area (Å²) in [6.45, 7) is 3.07. The lowest BCUT2D eigenvalue weighted by Gasteiger charge is -2.20. The van der Waals surface area contributed by atoms with Gasteiger partial charge in [-0.1, -0.05) is 48.6 Å². The van der Waals surface area contributed by atoms with Crippen molar-refractivity contribution in [2.24, 2.45) is 0 Å². The predicted octanol–water partition coefficient (Wildman–Crippen LogP) is 3.89. The molecule has 0 atom stereocenters. The summed E-state index contributed by atoms with van der Waals surface area (Å²) in [6.07, 6.45) is 3.41. The molecule has 1 aromatic heterocycles. The number of rotatable bonds is 6. The van der Waals surface area contributed by atoms with Gasteiger partial charge in [-0.05, 0) is 19.3 Å². The average Bonchev–Trinajstić information content (AvgIpc) is 3.23. The van der Waals surface area contributed by atoms with E-state index in [9.17, 15) is 9.90 Å². The molecule has 5 heteroatoms. The summed E-state index contributed by atoms with van der Waals surface area (Å²) in [7, 11) is 0. The van der Waals surface area contributed by atoms with Gasteiger partial charge < -0.3 is 10.0 Å². The number of aromatic nitrogens is 1. The lowest BCUT2D eigenvalue weighted by Crippen LogP contribution is -2.26. The normalized spacial score (nSPS) is 14.1. The Morgan fingerprint density at radius 2 is 2.10 bits per heavy atom. The fourth-order valence-corrected chi connectivity index (χ4v) is 3.45. The SMILES string of the molecule is CCCN(c1nc(-c2ccccc2)c(C(=O)O)s1)C1CC1. The van der Waals surface area contributed by atoms with Crippen LogP contribution in [0.4, 0.5) is 5.13 Å². The molecule has 1 heterocycles. The third-order valence-electron chi connectivity index (χ3n) is 3.56. The van der Waals surface area contributed by atoms with E-state index in [4.69, 9.17) is 0 Å². The minimum Gasteiger partial charge on any atom is -0.477 e. The number of thiazole rings is 1. The summed E-state index contributed by atoms with van der Waals surface area (Å²) in [5.74, 6) is -0.898. The minimum atomic E-state index is -0.898. The van der Waals surface area contributed by atoms with Crippen LogP contribution < -0.4 is 4.90 Å². The van der Waals surface area contributed by atoms with E-state index in [0.717, 1.165) is 23.7 Å². The molecule has 1 aliphatic carbocycles. The molecule has 21 heavy (non-hydrogen) atoms. The van der Waals surface area contributed by atoms with E-state index in [0.29, 0.717) is 16.6 Å². The Bertz CT molecular complexity index is 635. The van der Waals surface area contributed by atoms with Crippen LogP contribution in [0.25, 0.3) is 11.3 Å². The molecule has 4 nitrogen and oxygen atoms in total. The zero-order valence-electron chi connectivity index (χ0n) is 12.0. The fourth-order valence-electron chi connectivity index (χ4n) is 2.43. The first-order chi connectivity index (χ1) is 10.2. The lowest BCUT2D eigenvalue weighted by atomic mass is 10.1. The summed E-state index contributed by atoms with van der Waals surface area (Å²) in [4.78, 5) is 18.8. The van der Waals surface area contributed by atoms with E-state index in [2.05, 4.69) is 16.8 Å². The van der Waals surface area contributed by atoms with Crippen molar-refractivity contribution in [3.63, 3.8) is 0 Å². The quantitative estimate of drug-likeness (QED) is 0.879. The highest BCUT2D eigenvalue weighted by molar-refractivity contribution is 7.17. The largest absolute Gasteiger partial charge is 0.477 e. The van der Waals surface area contributed by atoms with Gasteiger partial charge in [-0.15, -0.1) is 0 Å². The number of hydrogen-bond donors (Lipinski definition) is 1. The Hall–Kier alpha value is -1.88. The van der Waals surface area contributed by atoms with E-state index in [1.54, 1.807) is 0 Å². The lowest BCUT2D eigenvalue weighted by molar-refractivity contribution is 0.0702. The van der Waals surface area contributed by atoms with Gasteiger partial charge in [0.1, 0.15) is 4.88 Å². The van der Waals surface area contributed by atoms with Crippen LogP contribution in [0, 0.1) is 0 Å². The van der Waals surface area contributed by atoms with Crippen molar-refractivity contribution in [1.82, 2.24) is 4.98 Å². The van der Waals surface area contributed by atoms with Crippen molar-refractivity contribution in [2.75, 3.05) is 11.4 Å². The van der Waals surface area contributed by atoms with Crippen molar-refractivity contribution >= 4 is 22.4 Å². The molecule has 0 saturated heterocycles. The van der Waals surface area contributed by atoms with Crippen LogP contribution in [-0.4, -0.2) is 28.6 Å². The molecule has 1 aromatic carbocycles. The first kappa shape index (κ1) is 14.1. The van der Waals surface area contributed by atoms with Gasteiger partial charge in [-0.25, -0.2) is 9.78 Å². The maximum atomic E-state index is 11.5. The topological polar surface area (TPSA) is 53.4 Å². The number of nitrogens with zero attached hydrogens (tertiary/aromatic N) is 2. The highest BCUT2D eigenvalue weighted by atomic mass is 32.1. The molecule has 0 spiro atoms. The molecule has 1 saturated carbocycles. The second-order valence-corrected chi connectivity index (χ2v) is 6.25. The highest BCUT2D eigenvalue weighted by Gasteiger charge is 2.32. The molecule has 1 fully saturated rings. The molecular formula is C16H18N2O2S. The number of benzene rings is 1. The Morgan fingerprint density at radius 1 is 1.38 bits per heavy atom. The molecule has 0 amide bonds. The number of carboxylic acids is 1. The zero-order valence-corrected chi connectivity index (χ0v) is 12.8. The second-order valence-electron chi connectivity index (χ2n) is 5.27. The van der Waals surface area contributed by atoms with Crippen molar-refractivity contribution in [2.45, 2.75) is 32.2 Å². The third-order valence-corrected chi connectivity index (χ3v) is 4.64. The molecule has 0 aliphatic heterocycles. The number of carboxylic acid groups (broad SMARTS) is 1. The van der Waals surface area contributed by atoms with Gasteiger partial charge in [0.05, 0.1) is 5.69 Å². The predicted molar refractivity (Wildman–Crippen MR) is 85.2 cm³/mol. The zero-order chi connectivity index (χ0) is 14.8. The van der Waals surface area contributed by atoms with Gasteiger partial charge in [0.2, 0.25) is 0 Å². The van der Waals surface area contributed by atoms with Crippen LogP contribution in [0.3, 0.4) is 0 Å². The summed E-state index contributed by atoms with van der Waals surface area (Å²) in [5, 5.41) is 10.3. The average molecular weight is 302 g/mol. The van der Waals surface area contributed by atoms with E-state index >= 15 is 0 Å². The van der Waals surface area contributed by atoms with Gasteiger partial charge in [0, 0.05) is 18.2 Å². The van der Waals surface area contributed by atoms with Crippen molar-refractivity contribution in [3.05, 3.63) is 35.2 Å². The first-order valence-corrected chi connectivity index (χ1v) is 8.08. The Labute approximate surface area is 128 Å². The summed E-state index contributed by atoms with van der Waals surface area (Å²) >= 11 is 1.29. The van der Waals surface area contributed by atoms with Crippen LogP contribution in [0.1, 0.15) is 35.9 Å². The molecule has 110 valence electrons. The van der Waals surface area contributed by atoms with Gasteiger partial charge in [0.25, 0.3) is 0 Å². The van der Waals surface area contributed by atoms with Crippen LogP contribution in [0.15, 0.2) is 30.3 Å². The highest BCUT2D eigenvalue weighted by Crippen LogP contribution is 2.38. The Balaban J connectivity index is 2.02. The standard InChI is InChI=1S/C16H18N2O2S/c1-2-10-18(12-8-9-12)16-17-13(14(21-16)15(19)20)11-6-4-3-5-7-11/h3-7,12H,2,8-10H2,1H3,(H,19,20). The van der Waals surface area contributed by atoms with E-state index in [-0.39, 0.29) is 0 Å². The van der Waals surface area contributed by atoms with E-state index in [1.807, 2.05) is 30.3 Å². The fraction of sp³-hybridized carbons (Fsp3) is 0.375. The maximum Gasteiger partial charge on any atom is 0.348 e. The summed E-state index contributed by atoms with van der Waals surface area (Å²) in [5.41, 5.74) is 1.45. The summed E-state index contributed by atoms with van der Waals surface area (Å²) in [6, 6.07) is 10.1. The first-order valence-electron chi connectivity index (χ1n) is 7.27. The number of anilines is 1.